The zero-order valence-electron chi connectivity index (χ0n) is 10.1. The van der Waals surface area contributed by atoms with Gasteiger partial charge in [0.15, 0.2) is 0 Å². The molecule has 1 unspecified atom stereocenters. The van der Waals surface area contributed by atoms with Gasteiger partial charge in [-0.15, -0.1) is 0 Å². The molecule has 0 aliphatic heterocycles. The van der Waals surface area contributed by atoms with E-state index in [0.717, 1.165) is 38.5 Å². The normalized spacial score (nSPS) is 37.9. The summed E-state index contributed by atoms with van der Waals surface area (Å²) in [6.45, 7) is 3.10. The average Bonchev–Trinajstić information content (AvgIpc) is 2.16. The van der Waals surface area contributed by atoms with Crippen LogP contribution < -0.4 is 0 Å². The molecule has 2 fully saturated rings. The molecule has 3 heteroatoms. The molecule has 2 aliphatic carbocycles. The van der Waals surface area contributed by atoms with E-state index in [9.17, 15) is 9.59 Å². The number of carbonyl (C=O) groups is 2. The van der Waals surface area contributed by atoms with Gasteiger partial charge in [-0.05, 0) is 38.5 Å². The van der Waals surface area contributed by atoms with Gasteiger partial charge in [0, 0.05) is 6.92 Å². The van der Waals surface area contributed by atoms with Gasteiger partial charge in [0.25, 0.3) is 0 Å². The number of carbonyl (C=O) groups excluding carboxylic acids is 2. The highest BCUT2D eigenvalue weighted by Crippen LogP contribution is 2.51. The first-order chi connectivity index (χ1) is 7.56. The van der Waals surface area contributed by atoms with Gasteiger partial charge in [-0.25, -0.2) is 0 Å². The highest BCUT2D eigenvalue weighted by atomic mass is 16.5. The van der Waals surface area contributed by atoms with Crippen LogP contribution in [0.15, 0.2) is 0 Å². The minimum absolute atomic E-state index is 0.148. The summed E-state index contributed by atoms with van der Waals surface area (Å²) in [5.41, 5.74) is -0.354. The van der Waals surface area contributed by atoms with Crippen LogP contribution in [0.4, 0.5) is 0 Å². The van der Waals surface area contributed by atoms with E-state index in [1.54, 1.807) is 6.92 Å². The van der Waals surface area contributed by atoms with Crippen molar-refractivity contribution in [1.29, 1.82) is 0 Å². The molecule has 0 radical (unpaired) electrons. The maximum absolute atomic E-state index is 11.9. The number of hydrogen-bond donors (Lipinski definition) is 0. The van der Waals surface area contributed by atoms with Crippen LogP contribution in [0.2, 0.25) is 0 Å². The molecule has 1 atom stereocenters. The summed E-state index contributed by atoms with van der Waals surface area (Å²) in [6, 6.07) is 0. The standard InChI is InChI=1S/C13H20O3/c1-9(14)13-7-3-5-11(6-4-8-13)12(13)16-10(2)15/h11-12H,3-8H2,1-2H3. The molecule has 90 valence electrons. The van der Waals surface area contributed by atoms with Crippen LogP contribution in [0, 0.1) is 11.3 Å². The van der Waals surface area contributed by atoms with Crippen molar-refractivity contribution in [3.8, 4) is 0 Å². The predicted molar refractivity (Wildman–Crippen MR) is 59.9 cm³/mol. The predicted octanol–water partition coefficient (Wildman–Crippen LogP) is 2.48. The largest absolute Gasteiger partial charge is 0.461 e. The minimum Gasteiger partial charge on any atom is -0.461 e. The lowest BCUT2D eigenvalue weighted by atomic mass is 9.58. The molecule has 16 heavy (non-hydrogen) atoms. The molecule has 0 saturated heterocycles. The Morgan fingerprint density at radius 3 is 2.12 bits per heavy atom. The van der Waals surface area contributed by atoms with Crippen molar-refractivity contribution < 1.29 is 14.3 Å². The molecule has 0 amide bonds. The fourth-order valence-electron chi connectivity index (χ4n) is 3.61. The Bertz CT molecular complexity index is 298. The van der Waals surface area contributed by atoms with E-state index < -0.39 is 0 Å². The second kappa shape index (κ2) is 4.19. The Labute approximate surface area is 96.5 Å². The Hall–Kier alpha value is -0.860. The summed E-state index contributed by atoms with van der Waals surface area (Å²) in [7, 11) is 0. The second-order valence-electron chi connectivity index (χ2n) is 5.29. The Kier molecular flexibility index (Phi) is 3.04. The van der Waals surface area contributed by atoms with Crippen molar-refractivity contribution in [2.45, 2.75) is 58.5 Å². The van der Waals surface area contributed by atoms with Crippen molar-refractivity contribution in [2.75, 3.05) is 0 Å². The van der Waals surface area contributed by atoms with Gasteiger partial charge >= 0.3 is 5.97 Å². The summed E-state index contributed by atoms with van der Waals surface area (Å²) in [5.74, 6) is 0.378. The summed E-state index contributed by atoms with van der Waals surface area (Å²) in [4.78, 5) is 23.1. The van der Waals surface area contributed by atoms with E-state index >= 15 is 0 Å². The Morgan fingerprint density at radius 2 is 1.69 bits per heavy atom. The third-order valence-electron chi connectivity index (χ3n) is 4.36. The number of ether oxygens (including phenoxy) is 1. The average molecular weight is 224 g/mol. The topological polar surface area (TPSA) is 43.4 Å². The minimum atomic E-state index is -0.354. The molecule has 0 aromatic carbocycles. The van der Waals surface area contributed by atoms with Crippen LogP contribution >= 0.6 is 0 Å². The molecule has 0 spiro atoms. The van der Waals surface area contributed by atoms with Crippen LogP contribution in [-0.4, -0.2) is 17.9 Å². The number of hydrogen-bond acceptors (Lipinski definition) is 3. The molecule has 2 rings (SSSR count). The zero-order chi connectivity index (χ0) is 11.8. The lowest BCUT2D eigenvalue weighted by molar-refractivity contribution is -0.174. The molecule has 3 nitrogen and oxygen atoms in total. The molecule has 0 aromatic heterocycles. The quantitative estimate of drug-likeness (QED) is 0.677. The van der Waals surface area contributed by atoms with Crippen molar-refractivity contribution in [3.05, 3.63) is 0 Å². The summed E-state index contributed by atoms with van der Waals surface area (Å²) < 4.78 is 5.46. The fraction of sp³-hybridized carbons (Fsp3) is 0.846. The van der Waals surface area contributed by atoms with Crippen LogP contribution in [0.5, 0.6) is 0 Å². The maximum atomic E-state index is 11.9. The summed E-state index contributed by atoms with van der Waals surface area (Å²) in [6.07, 6.45) is 6.06. The van der Waals surface area contributed by atoms with Crippen molar-refractivity contribution >= 4 is 11.8 Å². The molecular weight excluding hydrogens is 204 g/mol. The molecule has 2 bridgehead atoms. The Balaban J connectivity index is 2.28. The SMILES string of the molecule is CC(=O)OC1C2CCCC1(C(C)=O)CCC2. The summed E-state index contributed by atoms with van der Waals surface area (Å²) >= 11 is 0. The maximum Gasteiger partial charge on any atom is 0.302 e. The van der Waals surface area contributed by atoms with Gasteiger partial charge < -0.3 is 4.74 Å². The van der Waals surface area contributed by atoms with E-state index in [2.05, 4.69) is 0 Å². The van der Waals surface area contributed by atoms with Crippen LogP contribution in [-0.2, 0) is 14.3 Å². The lowest BCUT2D eigenvalue weighted by Gasteiger charge is -2.49. The van der Waals surface area contributed by atoms with Gasteiger partial charge in [0.2, 0.25) is 0 Å². The third kappa shape index (κ3) is 1.76. The van der Waals surface area contributed by atoms with Gasteiger partial charge in [-0.1, -0.05) is 12.8 Å². The van der Waals surface area contributed by atoms with E-state index in [-0.39, 0.29) is 23.3 Å². The summed E-state index contributed by atoms with van der Waals surface area (Å²) in [5, 5.41) is 0. The van der Waals surface area contributed by atoms with Crippen molar-refractivity contribution in [2.24, 2.45) is 11.3 Å². The van der Waals surface area contributed by atoms with E-state index in [0.29, 0.717) is 5.92 Å². The zero-order valence-corrected chi connectivity index (χ0v) is 10.1. The molecular formula is C13H20O3. The monoisotopic (exact) mass is 224 g/mol. The first-order valence-corrected chi connectivity index (χ1v) is 6.24. The van der Waals surface area contributed by atoms with Crippen molar-refractivity contribution in [1.82, 2.24) is 0 Å². The Morgan fingerprint density at radius 1 is 1.12 bits per heavy atom. The van der Waals surface area contributed by atoms with Crippen molar-refractivity contribution in [3.63, 3.8) is 0 Å². The highest BCUT2D eigenvalue weighted by Gasteiger charge is 2.52. The number of rotatable bonds is 2. The van der Waals surface area contributed by atoms with E-state index in [1.807, 2.05) is 0 Å². The number of esters is 1. The second-order valence-corrected chi connectivity index (χ2v) is 5.29. The van der Waals surface area contributed by atoms with Gasteiger partial charge in [-0.2, -0.15) is 0 Å². The number of fused-ring (bicyclic) bond motifs is 2. The molecule has 2 saturated carbocycles. The van der Waals surface area contributed by atoms with Crippen LogP contribution in [0.3, 0.4) is 0 Å². The first kappa shape index (κ1) is 11.6. The fourth-order valence-corrected chi connectivity index (χ4v) is 3.61. The molecule has 2 aliphatic rings. The lowest BCUT2D eigenvalue weighted by Crippen LogP contribution is -2.52. The molecule has 0 heterocycles. The van der Waals surface area contributed by atoms with Gasteiger partial charge in [0.1, 0.15) is 11.9 Å². The van der Waals surface area contributed by atoms with E-state index in [1.165, 1.54) is 6.92 Å². The molecule has 0 aromatic rings. The third-order valence-corrected chi connectivity index (χ3v) is 4.36. The highest BCUT2D eigenvalue weighted by molar-refractivity contribution is 5.84. The number of ketones is 1. The van der Waals surface area contributed by atoms with E-state index in [4.69, 9.17) is 4.74 Å². The first-order valence-electron chi connectivity index (χ1n) is 6.24. The van der Waals surface area contributed by atoms with Gasteiger partial charge in [0.05, 0.1) is 5.41 Å². The smallest absolute Gasteiger partial charge is 0.302 e. The van der Waals surface area contributed by atoms with Crippen LogP contribution in [0.25, 0.3) is 0 Å². The van der Waals surface area contributed by atoms with Crippen LogP contribution in [0.1, 0.15) is 52.4 Å². The molecule has 0 N–H and O–H groups in total. The number of Topliss-reactive ketones (excluding diaryl/α,β-unsaturated/α-hetero) is 1. The van der Waals surface area contributed by atoms with Gasteiger partial charge in [-0.3, -0.25) is 9.59 Å².